The van der Waals surface area contributed by atoms with Gasteiger partial charge in [-0.1, -0.05) is 0 Å². The largest absolute Gasteiger partial charge is 0.493 e. The number of aryl methyl sites for hydroxylation is 1. The lowest BCUT2D eigenvalue weighted by atomic mass is 9.96. The summed E-state index contributed by atoms with van der Waals surface area (Å²) >= 11 is 0. The molecule has 0 fully saturated rings. The average molecular weight is 279 g/mol. The van der Waals surface area contributed by atoms with Crippen LogP contribution in [0, 0.1) is 24.2 Å². The number of benzene rings is 1. The van der Waals surface area contributed by atoms with Crippen LogP contribution in [0.15, 0.2) is 12.1 Å². The average Bonchev–Trinajstić information content (AvgIpc) is 2.48. The van der Waals surface area contributed by atoms with E-state index < -0.39 is 6.29 Å². The molecule has 1 unspecified atom stereocenters. The van der Waals surface area contributed by atoms with Gasteiger partial charge in [-0.15, -0.1) is 0 Å². The number of nitriles is 1. The Hall–Kier alpha value is -1.77. The minimum Gasteiger partial charge on any atom is -0.493 e. The zero-order valence-electron chi connectivity index (χ0n) is 12.6. The Kier molecular flexibility index (Phi) is 6.29. The molecule has 110 valence electrons. The monoisotopic (exact) mass is 279 g/mol. The van der Waals surface area contributed by atoms with Crippen molar-refractivity contribution >= 4 is 0 Å². The summed E-state index contributed by atoms with van der Waals surface area (Å²) in [6.07, 6.45) is -0.0258. The molecule has 0 amide bonds. The highest BCUT2D eigenvalue weighted by atomic mass is 16.7. The number of ether oxygens (including phenoxy) is 4. The van der Waals surface area contributed by atoms with Gasteiger partial charge in [0.2, 0.25) is 0 Å². The minimum absolute atomic E-state index is 0.387. The third kappa shape index (κ3) is 3.62. The fourth-order valence-corrected chi connectivity index (χ4v) is 2.11. The fourth-order valence-electron chi connectivity index (χ4n) is 2.11. The van der Waals surface area contributed by atoms with Gasteiger partial charge in [0, 0.05) is 14.2 Å². The van der Waals surface area contributed by atoms with Crippen molar-refractivity contribution in [1.29, 1.82) is 5.26 Å². The predicted octanol–water partition coefficient (Wildman–Crippen LogP) is 2.31. The maximum absolute atomic E-state index is 9.27. The van der Waals surface area contributed by atoms with Crippen molar-refractivity contribution in [2.75, 3.05) is 28.4 Å². The summed E-state index contributed by atoms with van der Waals surface area (Å²) in [5.41, 5.74) is 2.04. The van der Waals surface area contributed by atoms with Crippen LogP contribution < -0.4 is 9.47 Å². The zero-order valence-corrected chi connectivity index (χ0v) is 12.6. The molecular weight excluding hydrogens is 258 g/mol. The lowest BCUT2D eigenvalue weighted by Crippen LogP contribution is -2.25. The predicted molar refractivity (Wildman–Crippen MR) is 74.9 cm³/mol. The van der Waals surface area contributed by atoms with Crippen molar-refractivity contribution in [2.45, 2.75) is 19.6 Å². The van der Waals surface area contributed by atoms with Crippen molar-refractivity contribution in [2.24, 2.45) is 5.92 Å². The molecule has 0 saturated heterocycles. The molecule has 0 aliphatic carbocycles. The lowest BCUT2D eigenvalue weighted by molar-refractivity contribution is -0.124. The standard InChI is InChI=1S/C15H21NO4/c1-10-6-13(17-2)14(18-3)8-11(10)7-12(9-16)15(19-4)20-5/h6,8,12,15H,7H2,1-5H3. The summed E-state index contributed by atoms with van der Waals surface area (Å²) in [5.74, 6) is 0.940. The third-order valence-electron chi connectivity index (χ3n) is 3.24. The Balaban J connectivity index is 3.05. The van der Waals surface area contributed by atoms with Gasteiger partial charge in [-0.05, 0) is 36.6 Å². The van der Waals surface area contributed by atoms with Gasteiger partial charge < -0.3 is 18.9 Å². The number of hydrogen-bond donors (Lipinski definition) is 0. The van der Waals surface area contributed by atoms with Gasteiger partial charge in [0.05, 0.1) is 20.3 Å². The van der Waals surface area contributed by atoms with Crippen molar-refractivity contribution in [3.05, 3.63) is 23.3 Å². The molecule has 0 heterocycles. The fraction of sp³-hybridized carbons (Fsp3) is 0.533. The number of rotatable bonds is 7. The van der Waals surface area contributed by atoms with E-state index in [1.165, 1.54) is 14.2 Å². The Labute approximate surface area is 120 Å². The summed E-state index contributed by atoms with van der Waals surface area (Å²) in [6, 6.07) is 6.01. The van der Waals surface area contributed by atoms with E-state index in [0.717, 1.165) is 11.1 Å². The second kappa shape index (κ2) is 7.73. The topological polar surface area (TPSA) is 60.7 Å². The Morgan fingerprint density at radius 2 is 1.60 bits per heavy atom. The minimum atomic E-state index is -0.549. The Morgan fingerprint density at radius 1 is 1.05 bits per heavy atom. The first-order valence-electron chi connectivity index (χ1n) is 6.27. The molecule has 0 bridgehead atoms. The normalized spacial score (nSPS) is 12.1. The van der Waals surface area contributed by atoms with E-state index in [-0.39, 0.29) is 5.92 Å². The second-order valence-corrected chi connectivity index (χ2v) is 4.41. The highest BCUT2D eigenvalue weighted by Crippen LogP contribution is 2.31. The summed E-state index contributed by atoms with van der Waals surface area (Å²) < 4.78 is 20.9. The van der Waals surface area contributed by atoms with Crippen LogP contribution in [-0.4, -0.2) is 34.7 Å². The molecule has 0 saturated carbocycles. The van der Waals surface area contributed by atoms with Crippen LogP contribution >= 0.6 is 0 Å². The third-order valence-corrected chi connectivity index (χ3v) is 3.24. The van der Waals surface area contributed by atoms with Gasteiger partial charge >= 0.3 is 0 Å². The first kappa shape index (κ1) is 16.3. The van der Waals surface area contributed by atoms with Gasteiger partial charge in [-0.2, -0.15) is 5.26 Å². The van der Waals surface area contributed by atoms with Crippen molar-refractivity contribution in [3.63, 3.8) is 0 Å². The lowest BCUT2D eigenvalue weighted by Gasteiger charge is -2.20. The molecule has 0 aliphatic rings. The van der Waals surface area contributed by atoms with Crippen LogP contribution in [0.2, 0.25) is 0 Å². The summed E-state index contributed by atoms with van der Waals surface area (Å²) in [6.45, 7) is 1.97. The molecule has 1 aromatic carbocycles. The molecule has 1 atom stereocenters. The maximum atomic E-state index is 9.27. The van der Waals surface area contributed by atoms with Gasteiger partial charge in [0.15, 0.2) is 17.8 Å². The van der Waals surface area contributed by atoms with E-state index in [1.54, 1.807) is 14.2 Å². The molecule has 0 radical (unpaired) electrons. The molecule has 0 aromatic heterocycles. The number of nitrogens with zero attached hydrogens (tertiary/aromatic N) is 1. The second-order valence-electron chi connectivity index (χ2n) is 4.41. The molecule has 5 nitrogen and oxygen atoms in total. The maximum Gasteiger partial charge on any atom is 0.172 e. The number of methoxy groups -OCH3 is 4. The molecule has 0 spiro atoms. The molecule has 1 rings (SSSR count). The summed E-state index contributed by atoms with van der Waals surface area (Å²) in [7, 11) is 6.24. The Bertz CT molecular complexity index is 477. The van der Waals surface area contributed by atoms with E-state index in [4.69, 9.17) is 18.9 Å². The van der Waals surface area contributed by atoms with Gasteiger partial charge in [0.1, 0.15) is 5.92 Å². The van der Waals surface area contributed by atoms with Crippen molar-refractivity contribution < 1.29 is 18.9 Å². The molecule has 20 heavy (non-hydrogen) atoms. The summed E-state index contributed by atoms with van der Waals surface area (Å²) in [5, 5.41) is 9.27. The zero-order chi connectivity index (χ0) is 15.1. The van der Waals surface area contributed by atoms with Crippen molar-refractivity contribution in [1.82, 2.24) is 0 Å². The SMILES string of the molecule is COc1cc(C)c(CC(C#N)C(OC)OC)cc1OC. The van der Waals surface area contributed by atoms with E-state index in [0.29, 0.717) is 17.9 Å². The smallest absolute Gasteiger partial charge is 0.172 e. The first-order valence-corrected chi connectivity index (χ1v) is 6.27. The van der Waals surface area contributed by atoms with E-state index in [1.807, 2.05) is 19.1 Å². The van der Waals surface area contributed by atoms with Gasteiger partial charge in [-0.3, -0.25) is 0 Å². The van der Waals surface area contributed by atoms with Crippen LogP contribution in [0.3, 0.4) is 0 Å². The highest BCUT2D eigenvalue weighted by Gasteiger charge is 2.22. The van der Waals surface area contributed by atoms with Crippen LogP contribution in [0.25, 0.3) is 0 Å². The molecule has 5 heteroatoms. The van der Waals surface area contributed by atoms with Gasteiger partial charge in [0.25, 0.3) is 0 Å². The highest BCUT2D eigenvalue weighted by molar-refractivity contribution is 5.47. The molecule has 0 N–H and O–H groups in total. The number of hydrogen-bond acceptors (Lipinski definition) is 5. The molecule has 0 aliphatic heterocycles. The molecular formula is C15H21NO4. The molecule has 1 aromatic rings. The van der Waals surface area contributed by atoms with E-state index >= 15 is 0 Å². The van der Waals surface area contributed by atoms with Crippen LogP contribution in [0.4, 0.5) is 0 Å². The summed E-state index contributed by atoms with van der Waals surface area (Å²) in [4.78, 5) is 0. The van der Waals surface area contributed by atoms with E-state index in [9.17, 15) is 5.26 Å². The van der Waals surface area contributed by atoms with Crippen LogP contribution in [0.5, 0.6) is 11.5 Å². The quantitative estimate of drug-likeness (QED) is 0.717. The van der Waals surface area contributed by atoms with Crippen LogP contribution in [0.1, 0.15) is 11.1 Å². The van der Waals surface area contributed by atoms with Crippen LogP contribution in [-0.2, 0) is 15.9 Å². The first-order chi connectivity index (χ1) is 9.60. The van der Waals surface area contributed by atoms with Gasteiger partial charge in [-0.25, -0.2) is 0 Å². The Morgan fingerprint density at radius 3 is 2.05 bits per heavy atom. The van der Waals surface area contributed by atoms with E-state index in [2.05, 4.69) is 6.07 Å². The van der Waals surface area contributed by atoms with Crippen molar-refractivity contribution in [3.8, 4) is 17.6 Å².